The summed E-state index contributed by atoms with van der Waals surface area (Å²) in [5.41, 5.74) is 1.64. The third kappa shape index (κ3) is 3.23. The van der Waals surface area contributed by atoms with Crippen LogP contribution in [0.25, 0.3) is 0 Å². The highest BCUT2D eigenvalue weighted by Gasteiger charge is 2.33. The van der Waals surface area contributed by atoms with Crippen molar-refractivity contribution in [2.24, 2.45) is 0 Å². The quantitative estimate of drug-likeness (QED) is 0.914. The van der Waals surface area contributed by atoms with E-state index in [-0.39, 0.29) is 11.7 Å². The van der Waals surface area contributed by atoms with Crippen molar-refractivity contribution in [2.75, 3.05) is 13.1 Å². The molecule has 7 heteroatoms. The summed E-state index contributed by atoms with van der Waals surface area (Å²) in [6.07, 6.45) is 4.47. The first-order chi connectivity index (χ1) is 12.6. The maximum Gasteiger partial charge on any atom is 0.242 e. The smallest absolute Gasteiger partial charge is 0.242 e. The molecule has 1 aromatic heterocycles. The first-order valence-electron chi connectivity index (χ1n) is 9.32. The van der Waals surface area contributed by atoms with Gasteiger partial charge in [-0.15, -0.1) is 10.2 Å². The molecule has 2 aromatic rings. The molecule has 1 saturated heterocycles. The van der Waals surface area contributed by atoms with E-state index in [1.54, 1.807) is 6.07 Å². The molecule has 26 heavy (non-hydrogen) atoms. The summed E-state index contributed by atoms with van der Waals surface area (Å²) in [5, 5.41) is 11.7. The summed E-state index contributed by atoms with van der Waals surface area (Å²) in [6.45, 7) is 4.70. The van der Waals surface area contributed by atoms with Gasteiger partial charge in [0.2, 0.25) is 5.91 Å². The molecule has 2 aliphatic rings. The molecule has 1 fully saturated rings. The second-order valence-electron chi connectivity index (χ2n) is 7.16. The first kappa shape index (κ1) is 17.1. The number of aromatic nitrogens is 3. The van der Waals surface area contributed by atoms with Gasteiger partial charge in [0.05, 0.1) is 6.54 Å². The SMILES string of the molecule is Cc1cc(F)ccc1C1C(=O)NCCN1Cc1nnc2n1CCCCC2. The highest BCUT2D eigenvalue weighted by atomic mass is 19.1. The van der Waals surface area contributed by atoms with Crippen molar-refractivity contribution < 1.29 is 9.18 Å². The molecule has 1 atom stereocenters. The maximum atomic E-state index is 13.5. The molecule has 2 aliphatic heterocycles. The van der Waals surface area contributed by atoms with Gasteiger partial charge in [-0.2, -0.15) is 0 Å². The summed E-state index contributed by atoms with van der Waals surface area (Å²) in [5.74, 6) is 1.65. The van der Waals surface area contributed by atoms with Gasteiger partial charge >= 0.3 is 0 Å². The minimum atomic E-state index is -0.428. The molecule has 0 aliphatic carbocycles. The van der Waals surface area contributed by atoms with Crippen molar-refractivity contribution in [1.29, 1.82) is 0 Å². The zero-order valence-corrected chi connectivity index (χ0v) is 15.0. The number of rotatable bonds is 3. The van der Waals surface area contributed by atoms with Crippen LogP contribution in [0.3, 0.4) is 0 Å². The summed E-state index contributed by atoms with van der Waals surface area (Å²) in [4.78, 5) is 14.8. The first-order valence-corrected chi connectivity index (χ1v) is 9.32. The molecule has 1 aromatic carbocycles. The third-order valence-corrected chi connectivity index (χ3v) is 5.37. The van der Waals surface area contributed by atoms with Crippen molar-refractivity contribution in [3.63, 3.8) is 0 Å². The van der Waals surface area contributed by atoms with Crippen LogP contribution in [-0.2, 0) is 24.3 Å². The summed E-state index contributed by atoms with van der Waals surface area (Å²) < 4.78 is 15.7. The Labute approximate surface area is 152 Å². The number of fused-ring (bicyclic) bond motifs is 1. The van der Waals surface area contributed by atoms with E-state index in [0.717, 1.165) is 55.1 Å². The number of halogens is 1. The Morgan fingerprint density at radius 1 is 1.23 bits per heavy atom. The zero-order valence-electron chi connectivity index (χ0n) is 15.0. The number of piperazine rings is 1. The lowest BCUT2D eigenvalue weighted by Crippen LogP contribution is -2.50. The monoisotopic (exact) mass is 357 g/mol. The van der Waals surface area contributed by atoms with E-state index in [2.05, 4.69) is 25.0 Å². The molecule has 3 heterocycles. The Balaban J connectivity index is 1.64. The average Bonchev–Trinajstić information content (AvgIpc) is 2.84. The molecule has 1 unspecified atom stereocenters. The van der Waals surface area contributed by atoms with E-state index in [4.69, 9.17) is 0 Å². The molecule has 4 rings (SSSR count). The molecule has 0 saturated carbocycles. The van der Waals surface area contributed by atoms with Crippen LogP contribution < -0.4 is 5.32 Å². The van der Waals surface area contributed by atoms with Gasteiger partial charge in [0.1, 0.15) is 23.5 Å². The van der Waals surface area contributed by atoms with Crippen molar-refractivity contribution in [2.45, 2.75) is 51.7 Å². The van der Waals surface area contributed by atoms with Gasteiger partial charge in [-0.25, -0.2) is 4.39 Å². The average molecular weight is 357 g/mol. The summed E-state index contributed by atoms with van der Waals surface area (Å²) in [7, 11) is 0. The normalized spacial score (nSPS) is 21.2. The van der Waals surface area contributed by atoms with Gasteiger partial charge in [0, 0.05) is 26.1 Å². The Morgan fingerprint density at radius 2 is 2.12 bits per heavy atom. The number of amides is 1. The highest BCUT2D eigenvalue weighted by Crippen LogP contribution is 2.28. The van der Waals surface area contributed by atoms with Crippen LogP contribution >= 0.6 is 0 Å². The molecule has 138 valence electrons. The third-order valence-electron chi connectivity index (χ3n) is 5.37. The van der Waals surface area contributed by atoms with E-state index in [1.807, 2.05) is 6.92 Å². The fourth-order valence-electron chi connectivity index (χ4n) is 4.01. The van der Waals surface area contributed by atoms with Crippen LogP contribution in [0.15, 0.2) is 18.2 Å². The number of aryl methyl sites for hydroxylation is 2. The Kier molecular flexibility index (Phi) is 4.72. The Bertz CT molecular complexity index is 818. The van der Waals surface area contributed by atoms with Crippen molar-refractivity contribution in [1.82, 2.24) is 25.0 Å². The number of hydrogen-bond donors (Lipinski definition) is 1. The molecular weight excluding hydrogens is 333 g/mol. The van der Waals surface area contributed by atoms with Crippen LogP contribution in [0.1, 0.15) is 48.1 Å². The number of nitrogens with zero attached hydrogens (tertiary/aromatic N) is 4. The van der Waals surface area contributed by atoms with Gasteiger partial charge in [0.15, 0.2) is 0 Å². The molecule has 0 bridgehead atoms. The minimum Gasteiger partial charge on any atom is -0.353 e. The number of hydrogen-bond acceptors (Lipinski definition) is 4. The lowest BCUT2D eigenvalue weighted by molar-refractivity contribution is -0.129. The van der Waals surface area contributed by atoms with Gasteiger partial charge in [0.25, 0.3) is 0 Å². The molecule has 1 amide bonds. The second kappa shape index (κ2) is 7.15. The standard InChI is InChI=1S/C19H24FN5O/c1-13-11-14(20)6-7-15(13)18-19(26)21-8-10-24(18)12-17-23-22-16-5-3-2-4-9-25(16)17/h6-7,11,18H,2-5,8-10,12H2,1H3,(H,21,26). The molecule has 6 nitrogen and oxygen atoms in total. The Morgan fingerprint density at radius 3 is 2.96 bits per heavy atom. The largest absolute Gasteiger partial charge is 0.353 e. The van der Waals surface area contributed by atoms with E-state index in [0.29, 0.717) is 13.1 Å². The van der Waals surface area contributed by atoms with Crippen LogP contribution in [0, 0.1) is 12.7 Å². The Hall–Kier alpha value is -2.28. The highest BCUT2D eigenvalue weighted by molar-refractivity contribution is 5.84. The van der Waals surface area contributed by atoms with Crippen LogP contribution in [0.2, 0.25) is 0 Å². The number of carbonyl (C=O) groups is 1. The van der Waals surface area contributed by atoms with Crippen molar-refractivity contribution >= 4 is 5.91 Å². The summed E-state index contributed by atoms with van der Waals surface area (Å²) in [6, 6.07) is 4.20. The second-order valence-corrected chi connectivity index (χ2v) is 7.16. The topological polar surface area (TPSA) is 63.1 Å². The zero-order chi connectivity index (χ0) is 18.1. The maximum absolute atomic E-state index is 13.5. The predicted octanol–water partition coefficient (Wildman–Crippen LogP) is 2.13. The van der Waals surface area contributed by atoms with Crippen molar-refractivity contribution in [3.8, 4) is 0 Å². The number of nitrogens with one attached hydrogen (secondary N) is 1. The van der Waals surface area contributed by atoms with E-state index >= 15 is 0 Å². The van der Waals surface area contributed by atoms with Crippen molar-refractivity contribution in [3.05, 3.63) is 46.8 Å². The molecule has 0 radical (unpaired) electrons. The van der Waals surface area contributed by atoms with Gasteiger partial charge in [-0.3, -0.25) is 9.69 Å². The molecule has 1 N–H and O–H groups in total. The van der Waals surface area contributed by atoms with Gasteiger partial charge < -0.3 is 9.88 Å². The minimum absolute atomic E-state index is 0.0402. The molecular formula is C19H24FN5O. The fourth-order valence-corrected chi connectivity index (χ4v) is 4.01. The predicted molar refractivity (Wildman–Crippen MR) is 94.9 cm³/mol. The number of carbonyl (C=O) groups excluding carboxylic acids is 1. The lowest BCUT2D eigenvalue weighted by atomic mass is 9.97. The molecule has 0 spiro atoms. The van der Waals surface area contributed by atoms with E-state index in [9.17, 15) is 9.18 Å². The number of benzene rings is 1. The van der Waals surface area contributed by atoms with Crippen LogP contribution in [0.5, 0.6) is 0 Å². The van der Waals surface area contributed by atoms with Crippen LogP contribution in [-0.4, -0.2) is 38.7 Å². The lowest BCUT2D eigenvalue weighted by Gasteiger charge is -2.35. The van der Waals surface area contributed by atoms with Gasteiger partial charge in [-0.05, 0) is 43.0 Å². The van der Waals surface area contributed by atoms with E-state index < -0.39 is 6.04 Å². The van der Waals surface area contributed by atoms with Crippen LogP contribution in [0.4, 0.5) is 4.39 Å². The van der Waals surface area contributed by atoms with Gasteiger partial charge in [-0.1, -0.05) is 12.5 Å². The fraction of sp³-hybridized carbons (Fsp3) is 0.526. The van der Waals surface area contributed by atoms with E-state index in [1.165, 1.54) is 18.6 Å². The summed E-state index contributed by atoms with van der Waals surface area (Å²) >= 11 is 0.